The first-order valence-electron chi connectivity index (χ1n) is 5.42. The highest BCUT2D eigenvalue weighted by Crippen LogP contribution is 2.30. The van der Waals surface area contributed by atoms with Crippen LogP contribution in [0.3, 0.4) is 0 Å². The van der Waals surface area contributed by atoms with Crippen LogP contribution >= 0.6 is 0 Å². The lowest BCUT2D eigenvalue weighted by atomic mass is 10.1. The molecular formula is C13H18O4. The molecule has 0 aliphatic heterocycles. The molecule has 0 spiro atoms. The number of ether oxygens (including phenoxy) is 3. The van der Waals surface area contributed by atoms with Gasteiger partial charge in [-0.2, -0.15) is 0 Å². The van der Waals surface area contributed by atoms with Gasteiger partial charge in [0.2, 0.25) is 0 Å². The van der Waals surface area contributed by atoms with Crippen molar-refractivity contribution in [2.75, 3.05) is 20.5 Å². The van der Waals surface area contributed by atoms with Gasteiger partial charge in [-0.3, -0.25) is 0 Å². The Morgan fingerprint density at radius 2 is 2.24 bits per heavy atom. The average Bonchev–Trinajstić information content (AvgIpc) is 2.38. The summed E-state index contributed by atoms with van der Waals surface area (Å²) < 4.78 is 15.6. The second-order valence-corrected chi connectivity index (χ2v) is 3.34. The Morgan fingerprint density at radius 1 is 1.47 bits per heavy atom. The van der Waals surface area contributed by atoms with Crippen LogP contribution in [0.4, 0.5) is 0 Å². The van der Waals surface area contributed by atoms with Crippen LogP contribution in [0.15, 0.2) is 30.9 Å². The van der Waals surface area contributed by atoms with E-state index in [1.54, 1.807) is 25.3 Å². The number of hydrogen-bond acceptors (Lipinski definition) is 4. The summed E-state index contributed by atoms with van der Waals surface area (Å²) in [5.41, 5.74) is 0.610. The third kappa shape index (κ3) is 3.76. The lowest BCUT2D eigenvalue weighted by Gasteiger charge is -2.14. The molecular weight excluding hydrogens is 220 g/mol. The van der Waals surface area contributed by atoms with Crippen LogP contribution in [0.1, 0.15) is 18.6 Å². The molecule has 0 bridgehead atoms. The molecule has 0 saturated heterocycles. The maximum absolute atomic E-state index is 9.79. The van der Waals surface area contributed by atoms with Crippen LogP contribution in [0, 0.1) is 0 Å². The highest BCUT2D eigenvalue weighted by atomic mass is 16.7. The molecule has 4 nitrogen and oxygen atoms in total. The van der Waals surface area contributed by atoms with Crippen LogP contribution < -0.4 is 9.47 Å². The summed E-state index contributed by atoms with van der Waals surface area (Å²) in [6.07, 6.45) is 0.643. The van der Waals surface area contributed by atoms with Crippen molar-refractivity contribution in [3.8, 4) is 11.5 Å². The topological polar surface area (TPSA) is 47.9 Å². The standard InChI is InChI=1S/C13H18O4/c1-4-12(14)11-8-10(15-3)6-7-13(11)17-9-16-5-2/h4,6-8,12,14H,1,5,9H2,2-3H3. The molecule has 0 saturated carbocycles. The van der Waals surface area contributed by atoms with Crippen molar-refractivity contribution in [1.82, 2.24) is 0 Å². The Hall–Kier alpha value is -1.52. The lowest BCUT2D eigenvalue weighted by molar-refractivity contribution is 0.0207. The van der Waals surface area contributed by atoms with Gasteiger partial charge in [-0.1, -0.05) is 6.08 Å². The fraction of sp³-hybridized carbons (Fsp3) is 0.385. The van der Waals surface area contributed by atoms with Crippen molar-refractivity contribution in [1.29, 1.82) is 0 Å². The Morgan fingerprint density at radius 3 is 2.82 bits per heavy atom. The molecule has 1 rings (SSSR count). The van der Waals surface area contributed by atoms with Crippen LogP contribution in [-0.2, 0) is 4.74 Å². The van der Waals surface area contributed by atoms with Crippen LogP contribution in [0.25, 0.3) is 0 Å². The van der Waals surface area contributed by atoms with Gasteiger partial charge in [-0.25, -0.2) is 0 Å². The Labute approximate surface area is 101 Å². The SMILES string of the molecule is C=CC(O)c1cc(OC)ccc1OCOCC. The van der Waals surface area contributed by atoms with Gasteiger partial charge in [0.1, 0.15) is 17.6 Å². The van der Waals surface area contributed by atoms with Crippen molar-refractivity contribution >= 4 is 0 Å². The number of aliphatic hydroxyl groups excluding tert-OH is 1. The highest BCUT2D eigenvalue weighted by molar-refractivity contribution is 5.42. The summed E-state index contributed by atoms with van der Waals surface area (Å²) in [6, 6.07) is 5.22. The van der Waals surface area contributed by atoms with Crippen LogP contribution in [0.5, 0.6) is 11.5 Å². The van der Waals surface area contributed by atoms with Gasteiger partial charge in [0.25, 0.3) is 0 Å². The zero-order valence-electron chi connectivity index (χ0n) is 10.2. The van der Waals surface area contributed by atoms with Crippen LogP contribution in [0.2, 0.25) is 0 Å². The first-order chi connectivity index (χ1) is 8.22. The third-order valence-corrected chi connectivity index (χ3v) is 2.26. The summed E-state index contributed by atoms with van der Waals surface area (Å²) in [4.78, 5) is 0. The molecule has 1 aromatic rings. The number of aliphatic hydroxyl groups is 1. The molecule has 94 valence electrons. The molecule has 0 amide bonds. The minimum atomic E-state index is -0.790. The van der Waals surface area contributed by atoms with E-state index in [0.29, 0.717) is 23.7 Å². The van der Waals surface area contributed by atoms with Crippen molar-refractivity contribution in [3.63, 3.8) is 0 Å². The maximum Gasteiger partial charge on any atom is 0.189 e. The van der Waals surface area contributed by atoms with Gasteiger partial charge in [-0.05, 0) is 25.1 Å². The fourth-order valence-corrected chi connectivity index (χ4v) is 1.33. The van der Waals surface area contributed by atoms with Gasteiger partial charge in [0, 0.05) is 12.2 Å². The molecule has 0 fully saturated rings. The quantitative estimate of drug-likeness (QED) is 0.450. The Balaban J connectivity index is 2.89. The van der Waals surface area contributed by atoms with Crippen molar-refractivity contribution in [2.24, 2.45) is 0 Å². The average molecular weight is 238 g/mol. The molecule has 17 heavy (non-hydrogen) atoms. The maximum atomic E-state index is 9.79. The largest absolute Gasteiger partial charge is 0.497 e. The molecule has 0 heterocycles. The smallest absolute Gasteiger partial charge is 0.189 e. The summed E-state index contributed by atoms with van der Waals surface area (Å²) in [5.74, 6) is 1.22. The van der Waals surface area contributed by atoms with Crippen molar-refractivity contribution in [2.45, 2.75) is 13.0 Å². The second kappa shape index (κ2) is 6.93. The van der Waals surface area contributed by atoms with Gasteiger partial charge in [-0.15, -0.1) is 6.58 Å². The number of benzene rings is 1. The van der Waals surface area contributed by atoms with E-state index in [4.69, 9.17) is 14.2 Å². The van der Waals surface area contributed by atoms with Crippen LogP contribution in [-0.4, -0.2) is 25.6 Å². The van der Waals surface area contributed by atoms with E-state index < -0.39 is 6.10 Å². The van der Waals surface area contributed by atoms with E-state index in [-0.39, 0.29) is 6.79 Å². The van der Waals surface area contributed by atoms with E-state index in [0.717, 1.165) is 0 Å². The van der Waals surface area contributed by atoms with E-state index in [1.807, 2.05) is 6.92 Å². The summed E-state index contributed by atoms with van der Waals surface area (Å²) >= 11 is 0. The van der Waals surface area contributed by atoms with Gasteiger partial charge < -0.3 is 19.3 Å². The predicted molar refractivity (Wildman–Crippen MR) is 65.3 cm³/mol. The molecule has 0 aromatic heterocycles. The molecule has 0 radical (unpaired) electrons. The number of hydrogen-bond donors (Lipinski definition) is 1. The normalized spacial score (nSPS) is 11.9. The molecule has 0 aliphatic rings. The van der Waals surface area contributed by atoms with E-state index in [9.17, 15) is 5.11 Å². The fourth-order valence-electron chi connectivity index (χ4n) is 1.33. The highest BCUT2D eigenvalue weighted by Gasteiger charge is 2.12. The summed E-state index contributed by atoms with van der Waals surface area (Å²) in [7, 11) is 1.57. The first kappa shape index (κ1) is 13.5. The molecule has 1 unspecified atom stereocenters. The molecule has 1 N–H and O–H groups in total. The van der Waals surface area contributed by atoms with Crippen molar-refractivity contribution < 1.29 is 19.3 Å². The van der Waals surface area contributed by atoms with Gasteiger partial charge in [0.15, 0.2) is 6.79 Å². The lowest BCUT2D eigenvalue weighted by Crippen LogP contribution is -2.06. The molecule has 4 heteroatoms. The summed E-state index contributed by atoms with van der Waals surface area (Å²) in [5, 5.41) is 9.79. The predicted octanol–water partition coefficient (Wildman–Crippen LogP) is 2.29. The van der Waals surface area contributed by atoms with E-state index in [1.165, 1.54) is 6.08 Å². The van der Waals surface area contributed by atoms with Crippen molar-refractivity contribution in [3.05, 3.63) is 36.4 Å². The van der Waals surface area contributed by atoms with E-state index >= 15 is 0 Å². The number of methoxy groups -OCH3 is 1. The third-order valence-electron chi connectivity index (χ3n) is 2.26. The minimum Gasteiger partial charge on any atom is -0.497 e. The minimum absolute atomic E-state index is 0.152. The Bertz CT molecular complexity index is 362. The zero-order chi connectivity index (χ0) is 12.7. The van der Waals surface area contributed by atoms with E-state index in [2.05, 4.69) is 6.58 Å². The molecule has 0 aliphatic carbocycles. The monoisotopic (exact) mass is 238 g/mol. The summed E-state index contributed by atoms with van der Waals surface area (Å²) in [6.45, 7) is 6.17. The zero-order valence-corrected chi connectivity index (χ0v) is 10.2. The van der Waals surface area contributed by atoms with Gasteiger partial charge in [0.05, 0.1) is 7.11 Å². The second-order valence-electron chi connectivity index (χ2n) is 3.34. The van der Waals surface area contributed by atoms with Gasteiger partial charge >= 0.3 is 0 Å². The first-order valence-corrected chi connectivity index (χ1v) is 5.42. The number of rotatable bonds is 7. The Kier molecular flexibility index (Phi) is 5.52. The molecule has 1 atom stereocenters. The molecule has 1 aromatic carbocycles.